The Balaban J connectivity index is 2.38. The van der Waals surface area contributed by atoms with Crippen LogP contribution in [0.25, 0.3) is 0 Å². The highest BCUT2D eigenvalue weighted by molar-refractivity contribution is 9.10. The van der Waals surface area contributed by atoms with E-state index < -0.39 is 27.3 Å². The fourth-order valence-corrected chi connectivity index (χ4v) is 2.92. The maximum absolute atomic E-state index is 12.2. The van der Waals surface area contributed by atoms with E-state index in [4.69, 9.17) is 5.11 Å². The summed E-state index contributed by atoms with van der Waals surface area (Å²) in [5.74, 6) is -2.22. The smallest absolute Gasteiger partial charge is 0.335 e. The summed E-state index contributed by atoms with van der Waals surface area (Å²) >= 11 is 3.23. The molecule has 6 nitrogen and oxygen atoms in total. The van der Waals surface area contributed by atoms with Gasteiger partial charge in [-0.25, -0.2) is 13.2 Å². The fraction of sp³-hybridized carbons (Fsp3) is 0. The van der Waals surface area contributed by atoms with E-state index in [1.54, 1.807) is 24.3 Å². The zero-order valence-electron chi connectivity index (χ0n) is 10.4. The molecule has 0 aliphatic heterocycles. The van der Waals surface area contributed by atoms with E-state index >= 15 is 0 Å². The lowest BCUT2D eigenvalue weighted by atomic mass is 10.2. The molecule has 8 heteroatoms. The number of rotatable bonds is 4. The maximum atomic E-state index is 12.2. The first kappa shape index (κ1) is 15.3. The Morgan fingerprint density at radius 2 is 1.76 bits per heavy atom. The summed E-state index contributed by atoms with van der Waals surface area (Å²) in [6.45, 7) is 0. The van der Waals surface area contributed by atoms with E-state index in [9.17, 15) is 18.3 Å². The largest absolute Gasteiger partial charge is 0.872 e. The molecule has 21 heavy (non-hydrogen) atoms. The van der Waals surface area contributed by atoms with E-state index in [1.807, 2.05) is 0 Å². The molecule has 2 N–H and O–H groups in total. The second kappa shape index (κ2) is 5.74. The van der Waals surface area contributed by atoms with Crippen LogP contribution >= 0.6 is 15.9 Å². The summed E-state index contributed by atoms with van der Waals surface area (Å²) in [4.78, 5) is 10.6. The van der Waals surface area contributed by atoms with Gasteiger partial charge in [-0.15, -0.1) is 0 Å². The van der Waals surface area contributed by atoms with Crippen molar-refractivity contribution in [2.24, 2.45) is 0 Å². The van der Waals surface area contributed by atoms with Crippen molar-refractivity contribution in [3.05, 3.63) is 52.5 Å². The Labute approximate surface area is 129 Å². The first-order valence-corrected chi connectivity index (χ1v) is 7.90. The van der Waals surface area contributed by atoms with Gasteiger partial charge in [0.15, 0.2) is 0 Å². The second-order valence-electron chi connectivity index (χ2n) is 4.08. The number of hydrogen-bond acceptors (Lipinski definition) is 4. The van der Waals surface area contributed by atoms with Crippen LogP contribution in [0.2, 0.25) is 0 Å². The summed E-state index contributed by atoms with van der Waals surface area (Å²) in [5, 5.41) is 20.2. The van der Waals surface area contributed by atoms with Gasteiger partial charge in [-0.1, -0.05) is 27.7 Å². The van der Waals surface area contributed by atoms with Crippen LogP contribution < -0.4 is 9.83 Å². The molecule has 0 radical (unpaired) electrons. The summed E-state index contributed by atoms with van der Waals surface area (Å²) < 4.78 is 27.4. The van der Waals surface area contributed by atoms with Crippen molar-refractivity contribution in [2.75, 3.05) is 4.72 Å². The summed E-state index contributed by atoms with van der Waals surface area (Å²) in [6.07, 6.45) is 0. The Morgan fingerprint density at radius 3 is 2.33 bits per heavy atom. The Hall–Kier alpha value is -2.06. The highest BCUT2D eigenvalue weighted by Gasteiger charge is 2.16. The van der Waals surface area contributed by atoms with Gasteiger partial charge in [0.2, 0.25) is 0 Å². The van der Waals surface area contributed by atoms with Gasteiger partial charge in [0.05, 0.1) is 10.5 Å². The Morgan fingerprint density at radius 1 is 1.14 bits per heavy atom. The number of halogens is 1. The predicted molar refractivity (Wildman–Crippen MR) is 77.8 cm³/mol. The maximum Gasteiger partial charge on any atom is 0.335 e. The number of hydrogen-bond donors (Lipinski definition) is 2. The summed E-state index contributed by atoms with van der Waals surface area (Å²) in [6, 6.07) is 9.22. The quantitative estimate of drug-likeness (QED) is 0.855. The zero-order chi connectivity index (χ0) is 15.6. The minimum Gasteiger partial charge on any atom is -0.872 e. The van der Waals surface area contributed by atoms with Crippen molar-refractivity contribution >= 4 is 37.6 Å². The van der Waals surface area contributed by atoms with Crippen molar-refractivity contribution < 1.29 is 23.4 Å². The van der Waals surface area contributed by atoms with Crippen LogP contribution in [0.15, 0.2) is 51.8 Å². The number of carboxylic acids is 1. The Bertz CT molecular complexity index is 787. The van der Waals surface area contributed by atoms with Gasteiger partial charge >= 0.3 is 5.97 Å². The van der Waals surface area contributed by atoms with E-state index in [1.165, 1.54) is 0 Å². The van der Waals surface area contributed by atoms with E-state index in [-0.39, 0.29) is 4.90 Å². The predicted octanol–water partition coefficient (Wildman–Crippen LogP) is 2.02. The molecule has 0 aromatic heterocycles. The van der Waals surface area contributed by atoms with Crippen LogP contribution in [0.5, 0.6) is 5.75 Å². The van der Waals surface area contributed by atoms with Gasteiger partial charge in [0, 0.05) is 10.2 Å². The summed E-state index contributed by atoms with van der Waals surface area (Å²) in [7, 11) is -3.97. The van der Waals surface area contributed by atoms with Crippen LogP contribution in [0.1, 0.15) is 10.4 Å². The molecule has 0 spiro atoms. The normalized spacial score (nSPS) is 11.1. The van der Waals surface area contributed by atoms with Crippen molar-refractivity contribution in [2.45, 2.75) is 4.90 Å². The van der Waals surface area contributed by atoms with Gasteiger partial charge in [-0.05, 0) is 36.4 Å². The highest BCUT2D eigenvalue weighted by atomic mass is 79.9. The second-order valence-corrected chi connectivity index (χ2v) is 6.67. The van der Waals surface area contributed by atoms with Crippen molar-refractivity contribution in [1.82, 2.24) is 0 Å². The minimum absolute atomic E-state index is 0.289. The van der Waals surface area contributed by atoms with Gasteiger partial charge in [0.1, 0.15) is 0 Å². The average Bonchev–Trinajstić information content (AvgIpc) is 2.41. The third-order valence-corrected chi connectivity index (χ3v) is 4.50. The van der Waals surface area contributed by atoms with Crippen molar-refractivity contribution in [3.63, 3.8) is 0 Å². The molecule has 0 unspecified atom stereocenters. The zero-order valence-corrected chi connectivity index (χ0v) is 12.8. The van der Waals surface area contributed by atoms with Crippen molar-refractivity contribution in [3.8, 4) is 5.75 Å². The first-order chi connectivity index (χ1) is 9.79. The van der Waals surface area contributed by atoms with Crippen LogP contribution in [0, 0.1) is 0 Å². The molecule has 2 aromatic carbocycles. The van der Waals surface area contributed by atoms with Crippen LogP contribution in [-0.4, -0.2) is 19.5 Å². The fourth-order valence-electron chi connectivity index (χ4n) is 1.58. The molecule has 0 amide bonds. The minimum atomic E-state index is -3.97. The molecule has 0 heterocycles. The number of sulfonamides is 1. The molecule has 0 saturated carbocycles. The molecule has 110 valence electrons. The van der Waals surface area contributed by atoms with E-state index in [0.29, 0.717) is 5.69 Å². The Kier molecular flexibility index (Phi) is 4.19. The molecule has 0 fully saturated rings. The topological polar surface area (TPSA) is 107 Å². The number of aromatic carboxylic acids is 1. The molecular formula is C13H9BrNO5S-. The molecule has 0 bridgehead atoms. The number of benzene rings is 2. The third kappa shape index (κ3) is 3.53. The van der Waals surface area contributed by atoms with Crippen LogP contribution in [0.4, 0.5) is 5.69 Å². The standard InChI is InChI=1S/C13H10BrNO5S/c14-8-1-3-9(4-2-8)15-21(19,20)10-5-6-12(16)11(7-10)13(17)18/h1-7,15-16H,(H,17,18)/p-1. The lowest BCUT2D eigenvalue weighted by molar-refractivity contribution is -0.268. The summed E-state index contributed by atoms with van der Waals surface area (Å²) in [5.41, 5.74) is -0.269. The van der Waals surface area contributed by atoms with E-state index in [0.717, 1.165) is 22.7 Å². The third-order valence-electron chi connectivity index (χ3n) is 2.59. The van der Waals surface area contributed by atoms with Crippen LogP contribution in [0.3, 0.4) is 0 Å². The highest BCUT2D eigenvalue weighted by Crippen LogP contribution is 2.22. The van der Waals surface area contributed by atoms with Gasteiger partial charge < -0.3 is 10.2 Å². The first-order valence-electron chi connectivity index (χ1n) is 5.62. The molecule has 0 aliphatic rings. The molecule has 0 aliphatic carbocycles. The van der Waals surface area contributed by atoms with Gasteiger partial charge in [0.25, 0.3) is 10.0 Å². The van der Waals surface area contributed by atoms with E-state index in [2.05, 4.69) is 20.7 Å². The average molecular weight is 371 g/mol. The monoisotopic (exact) mass is 370 g/mol. The number of carboxylic acid groups (broad SMARTS) is 1. The molecule has 2 rings (SSSR count). The lowest BCUT2D eigenvalue weighted by Gasteiger charge is -2.13. The van der Waals surface area contributed by atoms with Crippen molar-refractivity contribution in [1.29, 1.82) is 0 Å². The SMILES string of the molecule is O=C(O)c1cc(S(=O)(=O)Nc2ccc(Br)cc2)ccc1[O-]. The molecule has 2 aromatic rings. The van der Waals surface area contributed by atoms with Gasteiger partial charge in [-0.2, -0.15) is 0 Å². The molecular weight excluding hydrogens is 362 g/mol. The van der Waals surface area contributed by atoms with Crippen LogP contribution in [-0.2, 0) is 10.0 Å². The lowest BCUT2D eigenvalue weighted by Crippen LogP contribution is -2.14. The number of nitrogens with one attached hydrogen (secondary N) is 1. The molecule has 0 saturated heterocycles. The number of carbonyl (C=O) groups is 1. The van der Waals surface area contributed by atoms with Gasteiger partial charge in [-0.3, -0.25) is 4.72 Å². The molecule has 0 atom stereocenters. The number of anilines is 1.